The summed E-state index contributed by atoms with van der Waals surface area (Å²) in [6, 6.07) is 0. The second-order valence-corrected chi connectivity index (χ2v) is 6.11. The number of hydrogen-bond acceptors (Lipinski definition) is 6. The molecule has 1 N–H and O–H groups in total. The summed E-state index contributed by atoms with van der Waals surface area (Å²) in [5.74, 6) is 0.0356. The van der Waals surface area contributed by atoms with Gasteiger partial charge in [-0.05, 0) is 14.0 Å². The lowest BCUT2D eigenvalue weighted by Gasteiger charge is -2.27. The summed E-state index contributed by atoms with van der Waals surface area (Å²) < 4.78 is 5.70. The summed E-state index contributed by atoms with van der Waals surface area (Å²) in [6.07, 6.45) is 0.242. The molecule has 2 rings (SSSR count). The fourth-order valence-corrected chi connectivity index (χ4v) is 3.33. The standard InChI is InChI=1S/C14H24N4O2S/c1-4-18(11(2)19)14-16-12(10-21-14)8-17(3)9-13-7-15-5-6-20-13/h10,13,15H,4-9H2,1-3H3. The number of morpholine rings is 1. The van der Waals surface area contributed by atoms with E-state index in [0.29, 0.717) is 6.54 Å². The third kappa shape index (κ3) is 4.74. The molecule has 2 heterocycles. The highest BCUT2D eigenvalue weighted by Gasteiger charge is 2.17. The molecule has 118 valence electrons. The zero-order chi connectivity index (χ0) is 15.2. The first-order chi connectivity index (χ1) is 10.1. The summed E-state index contributed by atoms with van der Waals surface area (Å²) in [4.78, 5) is 20.0. The molecule has 1 aromatic heterocycles. The first-order valence-electron chi connectivity index (χ1n) is 7.33. The molecule has 6 nitrogen and oxygen atoms in total. The Balaban J connectivity index is 1.87. The van der Waals surface area contributed by atoms with Crippen LogP contribution in [-0.2, 0) is 16.1 Å². The largest absolute Gasteiger partial charge is 0.374 e. The highest BCUT2D eigenvalue weighted by molar-refractivity contribution is 7.14. The van der Waals surface area contributed by atoms with E-state index >= 15 is 0 Å². The van der Waals surface area contributed by atoms with Crippen LogP contribution in [0, 0.1) is 0 Å². The van der Waals surface area contributed by atoms with E-state index in [1.807, 2.05) is 12.3 Å². The van der Waals surface area contributed by atoms with Gasteiger partial charge in [-0.2, -0.15) is 0 Å². The van der Waals surface area contributed by atoms with Crippen molar-refractivity contribution in [3.63, 3.8) is 0 Å². The first-order valence-corrected chi connectivity index (χ1v) is 8.21. The molecule has 1 atom stereocenters. The van der Waals surface area contributed by atoms with Crippen molar-refractivity contribution in [2.24, 2.45) is 0 Å². The van der Waals surface area contributed by atoms with Crippen LogP contribution in [0.1, 0.15) is 19.5 Å². The Labute approximate surface area is 130 Å². The molecule has 0 spiro atoms. The number of hydrogen-bond donors (Lipinski definition) is 1. The molecule has 0 saturated carbocycles. The van der Waals surface area contributed by atoms with E-state index in [4.69, 9.17) is 4.74 Å². The van der Waals surface area contributed by atoms with Crippen LogP contribution >= 0.6 is 11.3 Å². The molecule has 21 heavy (non-hydrogen) atoms. The predicted molar refractivity (Wildman–Crippen MR) is 84.8 cm³/mol. The molecule has 1 fully saturated rings. The Morgan fingerprint density at radius 3 is 3.05 bits per heavy atom. The highest BCUT2D eigenvalue weighted by Crippen LogP contribution is 2.21. The van der Waals surface area contributed by atoms with Crippen molar-refractivity contribution in [3.8, 4) is 0 Å². The summed E-state index contributed by atoms with van der Waals surface area (Å²) in [6.45, 7) is 8.46. The van der Waals surface area contributed by atoms with E-state index in [0.717, 1.165) is 43.6 Å². The van der Waals surface area contributed by atoms with Crippen LogP contribution in [0.3, 0.4) is 0 Å². The predicted octanol–water partition coefficient (Wildman–Crippen LogP) is 0.936. The number of carbonyl (C=O) groups excluding carboxylic acids is 1. The molecule has 1 amide bonds. The number of aromatic nitrogens is 1. The Bertz CT molecular complexity index is 460. The van der Waals surface area contributed by atoms with Gasteiger partial charge in [0.25, 0.3) is 0 Å². The fourth-order valence-electron chi connectivity index (χ4n) is 2.41. The molecular formula is C14H24N4O2S. The topological polar surface area (TPSA) is 57.7 Å². The summed E-state index contributed by atoms with van der Waals surface area (Å²) in [5, 5.41) is 6.14. The number of thiazole rings is 1. The average molecular weight is 312 g/mol. The van der Waals surface area contributed by atoms with Crippen LogP contribution < -0.4 is 10.2 Å². The minimum Gasteiger partial charge on any atom is -0.374 e. The number of carbonyl (C=O) groups is 1. The number of rotatable bonds is 6. The molecule has 1 aliphatic rings. The maximum Gasteiger partial charge on any atom is 0.225 e. The quantitative estimate of drug-likeness (QED) is 0.847. The van der Waals surface area contributed by atoms with Crippen LogP contribution in [0.2, 0.25) is 0 Å². The van der Waals surface area contributed by atoms with Crippen LogP contribution in [0.5, 0.6) is 0 Å². The molecular weight excluding hydrogens is 288 g/mol. The zero-order valence-corrected chi connectivity index (χ0v) is 13.8. The smallest absolute Gasteiger partial charge is 0.225 e. The van der Waals surface area contributed by atoms with Crippen LogP contribution in [-0.4, -0.2) is 61.7 Å². The molecule has 1 aliphatic heterocycles. The van der Waals surface area contributed by atoms with Crippen molar-refractivity contribution >= 4 is 22.4 Å². The van der Waals surface area contributed by atoms with E-state index < -0.39 is 0 Å². The van der Waals surface area contributed by atoms with Crippen LogP contribution in [0.4, 0.5) is 5.13 Å². The van der Waals surface area contributed by atoms with Gasteiger partial charge in [0.15, 0.2) is 5.13 Å². The number of amides is 1. The van der Waals surface area contributed by atoms with E-state index in [1.165, 1.54) is 11.3 Å². The van der Waals surface area contributed by atoms with Gasteiger partial charge >= 0.3 is 0 Å². The van der Waals surface area contributed by atoms with Gasteiger partial charge in [0, 0.05) is 45.0 Å². The third-order valence-electron chi connectivity index (χ3n) is 3.42. The van der Waals surface area contributed by atoms with Gasteiger partial charge in [0.1, 0.15) is 0 Å². The van der Waals surface area contributed by atoms with E-state index in [-0.39, 0.29) is 12.0 Å². The summed E-state index contributed by atoms with van der Waals surface area (Å²) in [5.41, 5.74) is 1.00. The molecule has 1 aromatic rings. The second kappa shape index (κ2) is 7.84. The van der Waals surface area contributed by atoms with Gasteiger partial charge in [-0.15, -0.1) is 11.3 Å². The Hall–Kier alpha value is -1.02. The second-order valence-electron chi connectivity index (χ2n) is 5.28. The maximum absolute atomic E-state index is 11.5. The Morgan fingerprint density at radius 1 is 1.62 bits per heavy atom. The van der Waals surface area contributed by atoms with Gasteiger partial charge in [-0.1, -0.05) is 0 Å². The van der Waals surface area contributed by atoms with E-state index in [9.17, 15) is 4.79 Å². The fraction of sp³-hybridized carbons (Fsp3) is 0.714. The lowest BCUT2D eigenvalue weighted by Crippen LogP contribution is -2.44. The molecule has 0 bridgehead atoms. The minimum atomic E-state index is 0.0356. The molecule has 1 saturated heterocycles. The number of anilines is 1. The molecule has 0 radical (unpaired) electrons. The van der Waals surface area contributed by atoms with Crippen molar-refractivity contribution in [2.45, 2.75) is 26.5 Å². The molecule has 1 unspecified atom stereocenters. The lowest BCUT2D eigenvalue weighted by atomic mass is 10.3. The van der Waals surface area contributed by atoms with Crippen molar-refractivity contribution in [3.05, 3.63) is 11.1 Å². The highest BCUT2D eigenvalue weighted by atomic mass is 32.1. The molecule has 0 aliphatic carbocycles. The minimum absolute atomic E-state index is 0.0356. The Kier molecular flexibility index (Phi) is 6.10. The molecule has 0 aromatic carbocycles. The summed E-state index contributed by atoms with van der Waals surface area (Å²) >= 11 is 1.52. The first kappa shape index (κ1) is 16.4. The maximum atomic E-state index is 11.5. The van der Waals surface area contributed by atoms with Crippen molar-refractivity contribution < 1.29 is 9.53 Å². The SMILES string of the molecule is CCN(C(C)=O)c1nc(CN(C)CC2CNCCO2)cs1. The average Bonchev–Trinajstić information content (AvgIpc) is 2.88. The zero-order valence-electron chi connectivity index (χ0n) is 13.0. The van der Waals surface area contributed by atoms with E-state index in [1.54, 1.807) is 11.8 Å². The van der Waals surface area contributed by atoms with Crippen molar-refractivity contribution in [2.75, 3.05) is 44.7 Å². The number of likely N-dealkylation sites (N-methyl/N-ethyl adjacent to an activating group) is 1. The van der Waals surface area contributed by atoms with Crippen molar-refractivity contribution in [1.29, 1.82) is 0 Å². The number of ether oxygens (including phenoxy) is 1. The Morgan fingerprint density at radius 2 is 2.43 bits per heavy atom. The van der Waals surface area contributed by atoms with Gasteiger partial charge < -0.3 is 10.1 Å². The lowest BCUT2D eigenvalue weighted by molar-refractivity contribution is -0.116. The summed E-state index contributed by atoms with van der Waals surface area (Å²) in [7, 11) is 2.07. The molecule has 7 heteroatoms. The van der Waals surface area contributed by atoms with Gasteiger partial charge in [-0.25, -0.2) is 4.98 Å². The third-order valence-corrected chi connectivity index (χ3v) is 4.33. The van der Waals surface area contributed by atoms with Crippen molar-refractivity contribution in [1.82, 2.24) is 15.2 Å². The monoisotopic (exact) mass is 312 g/mol. The normalized spacial score (nSPS) is 19.0. The van der Waals surface area contributed by atoms with Gasteiger partial charge in [0.05, 0.1) is 18.4 Å². The van der Waals surface area contributed by atoms with Crippen LogP contribution in [0.25, 0.3) is 0 Å². The van der Waals surface area contributed by atoms with E-state index in [2.05, 4.69) is 22.2 Å². The van der Waals surface area contributed by atoms with Gasteiger partial charge in [0.2, 0.25) is 5.91 Å². The number of nitrogens with zero attached hydrogens (tertiary/aromatic N) is 3. The van der Waals surface area contributed by atoms with Gasteiger partial charge in [-0.3, -0.25) is 14.6 Å². The number of nitrogens with one attached hydrogen (secondary N) is 1. The van der Waals surface area contributed by atoms with Crippen LogP contribution in [0.15, 0.2) is 5.38 Å².